The molecule has 0 aliphatic heterocycles. The van der Waals surface area contributed by atoms with Crippen molar-refractivity contribution in [3.05, 3.63) is 74.3 Å². The maximum Gasteiger partial charge on any atom is 0.276 e. The Labute approximate surface area is 178 Å². The molecule has 0 fully saturated rings. The smallest absolute Gasteiger partial charge is 0.276 e. The number of nitro groups is 1. The highest BCUT2D eigenvalue weighted by Gasteiger charge is 2.16. The van der Waals surface area contributed by atoms with Crippen LogP contribution in [0.5, 0.6) is 0 Å². The van der Waals surface area contributed by atoms with E-state index in [9.17, 15) is 19.7 Å². The molecule has 0 saturated heterocycles. The number of nitro benzene ring substituents is 1. The first kappa shape index (κ1) is 22.4. The Hall–Kier alpha value is -2.90. The molecule has 29 heavy (non-hydrogen) atoms. The van der Waals surface area contributed by atoms with E-state index in [1.165, 1.54) is 29.2 Å². The molecule has 0 aliphatic rings. The number of nitrogens with one attached hydrogen (secondary N) is 1. The van der Waals surface area contributed by atoms with Crippen LogP contribution in [-0.4, -0.2) is 34.7 Å². The zero-order valence-corrected chi connectivity index (χ0v) is 17.1. The molecule has 2 aromatic rings. The van der Waals surface area contributed by atoms with E-state index in [2.05, 4.69) is 5.32 Å². The lowest BCUT2D eigenvalue weighted by atomic mass is 10.1. The molecule has 0 spiro atoms. The van der Waals surface area contributed by atoms with E-state index < -0.39 is 16.7 Å². The Bertz CT molecular complexity index is 947. The largest absolute Gasteiger partial charge is 0.330 e. The first-order valence-corrected chi connectivity index (χ1v) is 9.52. The van der Waals surface area contributed by atoms with Crippen LogP contribution in [0.3, 0.4) is 0 Å². The van der Waals surface area contributed by atoms with Crippen LogP contribution in [0.2, 0.25) is 10.0 Å². The van der Waals surface area contributed by atoms with Gasteiger partial charge in [-0.05, 0) is 36.8 Å². The standard InChI is InChI=1S/C20H19Cl2N3O4/c1-2-11-24(13-19(26)23-17-12-15(21)8-9-16(17)22)20(27)10-7-14-5-3-4-6-18(14)25(28)29/h3-10,12H,2,11,13H2,1H3,(H,23,26)/b10-7+. The highest BCUT2D eigenvalue weighted by atomic mass is 35.5. The van der Waals surface area contributed by atoms with Crippen LogP contribution in [0.4, 0.5) is 11.4 Å². The third kappa shape index (κ3) is 6.58. The van der Waals surface area contributed by atoms with Gasteiger partial charge < -0.3 is 10.2 Å². The Kier molecular flexibility index (Phi) is 8.18. The molecule has 9 heteroatoms. The molecule has 0 aliphatic carbocycles. The van der Waals surface area contributed by atoms with Crippen LogP contribution in [-0.2, 0) is 9.59 Å². The van der Waals surface area contributed by atoms with Crippen molar-refractivity contribution >= 4 is 52.5 Å². The fourth-order valence-electron chi connectivity index (χ4n) is 2.55. The number of carbonyl (C=O) groups is 2. The second-order valence-electron chi connectivity index (χ2n) is 6.08. The lowest BCUT2D eigenvalue weighted by Crippen LogP contribution is -2.37. The van der Waals surface area contributed by atoms with Crippen molar-refractivity contribution in [2.45, 2.75) is 13.3 Å². The molecule has 0 heterocycles. The normalized spacial score (nSPS) is 10.7. The monoisotopic (exact) mass is 435 g/mol. The van der Waals surface area contributed by atoms with Gasteiger partial charge in [0.05, 0.1) is 21.2 Å². The average molecular weight is 436 g/mol. The number of benzene rings is 2. The van der Waals surface area contributed by atoms with Crippen molar-refractivity contribution in [2.75, 3.05) is 18.4 Å². The van der Waals surface area contributed by atoms with E-state index in [4.69, 9.17) is 23.2 Å². The van der Waals surface area contributed by atoms with E-state index >= 15 is 0 Å². The average Bonchev–Trinajstić information content (AvgIpc) is 2.68. The van der Waals surface area contributed by atoms with E-state index in [0.29, 0.717) is 34.3 Å². The van der Waals surface area contributed by atoms with Gasteiger partial charge >= 0.3 is 0 Å². The molecule has 0 saturated carbocycles. The molecule has 2 amide bonds. The van der Waals surface area contributed by atoms with Crippen LogP contribution in [0.25, 0.3) is 6.08 Å². The van der Waals surface area contributed by atoms with Gasteiger partial charge in [-0.3, -0.25) is 19.7 Å². The Morgan fingerprint density at radius 2 is 1.93 bits per heavy atom. The molecule has 0 bridgehead atoms. The van der Waals surface area contributed by atoms with Gasteiger partial charge in [0.1, 0.15) is 6.54 Å². The van der Waals surface area contributed by atoms with Gasteiger partial charge in [-0.15, -0.1) is 0 Å². The van der Waals surface area contributed by atoms with Crippen LogP contribution in [0.1, 0.15) is 18.9 Å². The van der Waals surface area contributed by atoms with Gasteiger partial charge in [0.2, 0.25) is 11.8 Å². The molecule has 2 rings (SSSR count). The SMILES string of the molecule is CCCN(CC(=O)Nc1cc(Cl)ccc1Cl)C(=O)/C=C/c1ccccc1[N+](=O)[O-]. The molecule has 0 atom stereocenters. The molecule has 152 valence electrons. The predicted octanol–water partition coefficient (Wildman–Crippen LogP) is 4.79. The maximum absolute atomic E-state index is 12.5. The number of hydrogen-bond acceptors (Lipinski definition) is 4. The quantitative estimate of drug-likeness (QED) is 0.366. The van der Waals surface area contributed by atoms with Crippen LogP contribution < -0.4 is 5.32 Å². The minimum absolute atomic E-state index is 0.105. The fourth-order valence-corrected chi connectivity index (χ4v) is 2.89. The van der Waals surface area contributed by atoms with Gasteiger partial charge in [-0.2, -0.15) is 0 Å². The van der Waals surface area contributed by atoms with Crippen molar-refractivity contribution in [3.63, 3.8) is 0 Å². The van der Waals surface area contributed by atoms with E-state index in [-0.39, 0.29) is 12.2 Å². The first-order valence-electron chi connectivity index (χ1n) is 8.77. The topological polar surface area (TPSA) is 92.6 Å². The highest BCUT2D eigenvalue weighted by Crippen LogP contribution is 2.25. The zero-order chi connectivity index (χ0) is 21.4. The molecule has 0 aromatic heterocycles. The summed E-state index contributed by atoms with van der Waals surface area (Å²) in [7, 11) is 0. The Morgan fingerprint density at radius 1 is 1.21 bits per heavy atom. The van der Waals surface area contributed by atoms with Crippen molar-refractivity contribution in [1.82, 2.24) is 4.90 Å². The van der Waals surface area contributed by atoms with Gasteiger partial charge in [-0.1, -0.05) is 42.3 Å². The van der Waals surface area contributed by atoms with E-state index in [1.54, 1.807) is 30.3 Å². The van der Waals surface area contributed by atoms with Crippen LogP contribution >= 0.6 is 23.2 Å². The molecule has 2 aromatic carbocycles. The summed E-state index contributed by atoms with van der Waals surface area (Å²) in [4.78, 5) is 36.8. The number of rotatable bonds is 8. The van der Waals surface area contributed by atoms with Crippen LogP contribution in [0, 0.1) is 10.1 Å². The fraction of sp³-hybridized carbons (Fsp3) is 0.200. The molecule has 0 unspecified atom stereocenters. The summed E-state index contributed by atoms with van der Waals surface area (Å²) in [5.41, 5.74) is 0.549. The van der Waals surface area contributed by atoms with Crippen molar-refractivity contribution in [3.8, 4) is 0 Å². The summed E-state index contributed by atoms with van der Waals surface area (Å²) in [5, 5.41) is 14.4. The van der Waals surface area contributed by atoms with Gasteiger partial charge in [0, 0.05) is 23.7 Å². The Morgan fingerprint density at radius 3 is 2.62 bits per heavy atom. The summed E-state index contributed by atoms with van der Waals surface area (Å²) in [5.74, 6) is -0.868. The predicted molar refractivity (Wildman–Crippen MR) is 114 cm³/mol. The molecular weight excluding hydrogens is 417 g/mol. The number of amides is 2. The second-order valence-corrected chi connectivity index (χ2v) is 6.93. The zero-order valence-electron chi connectivity index (χ0n) is 15.6. The lowest BCUT2D eigenvalue weighted by Gasteiger charge is -2.20. The maximum atomic E-state index is 12.5. The number of halogens is 2. The number of carbonyl (C=O) groups excluding carboxylic acids is 2. The third-order valence-corrected chi connectivity index (χ3v) is 4.45. The van der Waals surface area contributed by atoms with Gasteiger partial charge in [-0.25, -0.2) is 0 Å². The van der Waals surface area contributed by atoms with Crippen molar-refractivity contribution in [1.29, 1.82) is 0 Å². The molecule has 1 N–H and O–H groups in total. The first-order chi connectivity index (χ1) is 13.8. The number of hydrogen-bond donors (Lipinski definition) is 1. The second kappa shape index (κ2) is 10.6. The van der Waals surface area contributed by atoms with E-state index in [0.717, 1.165) is 0 Å². The Balaban J connectivity index is 2.10. The third-order valence-electron chi connectivity index (χ3n) is 3.88. The molecule has 0 radical (unpaired) electrons. The van der Waals surface area contributed by atoms with Crippen molar-refractivity contribution in [2.24, 2.45) is 0 Å². The number of anilines is 1. The minimum Gasteiger partial charge on any atom is -0.330 e. The summed E-state index contributed by atoms with van der Waals surface area (Å²) in [6.07, 6.45) is 3.22. The summed E-state index contributed by atoms with van der Waals surface area (Å²) < 4.78 is 0. The minimum atomic E-state index is -0.518. The highest BCUT2D eigenvalue weighted by molar-refractivity contribution is 6.35. The summed E-state index contributed by atoms with van der Waals surface area (Å²) in [6.45, 7) is 2.02. The molecule has 7 nitrogen and oxygen atoms in total. The van der Waals surface area contributed by atoms with Crippen molar-refractivity contribution < 1.29 is 14.5 Å². The number of para-hydroxylation sites is 1. The van der Waals surface area contributed by atoms with E-state index in [1.807, 2.05) is 6.92 Å². The van der Waals surface area contributed by atoms with Gasteiger partial charge in [0.25, 0.3) is 5.69 Å². The summed E-state index contributed by atoms with van der Waals surface area (Å²) in [6, 6.07) is 10.8. The molecular formula is C20H19Cl2N3O4. The summed E-state index contributed by atoms with van der Waals surface area (Å²) >= 11 is 11.9. The number of nitrogens with zero attached hydrogens (tertiary/aromatic N) is 2. The lowest BCUT2D eigenvalue weighted by molar-refractivity contribution is -0.385. The van der Waals surface area contributed by atoms with Crippen LogP contribution in [0.15, 0.2) is 48.5 Å². The van der Waals surface area contributed by atoms with Gasteiger partial charge in [0.15, 0.2) is 0 Å².